The normalized spacial score (nSPS) is 11.5. The largest absolute Gasteiger partial charge is 0.379 e. The van der Waals surface area contributed by atoms with Crippen LogP contribution < -0.4 is 21.0 Å². The Balaban J connectivity index is 0.954. The van der Waals surface area contributed by atoms with Gasteiger partial charge in [-0.1, -0.05) is 42.2 Å². The summed E-state index contributed by atoms with van der Waals surface area (Å²) in [5.74, 6) is 6.47. The molecule has 1 aromatic heterocycles. The predicted molar refractivity (Wildman–Crippen MR) is 195 cm³/mol. The van der Waals surface area contributed by atoms with Crippen LogP contribution in [-0.4, -0.2) is 94.4 Å². The predicted octanol–water partition coefficient (Wildman–Crippen LogP) is 3.53. The van der Waals surface area contributed by atoms with Gasteiger partial charge in [-0.05, 0) is 49.7 Å². The molecule has 0 radical (unpaired) electrons. The molecule has 13 heteroatoms. The van der Waals surface area contributed by atoms with Crippen LogP contribution in [0.5, 0.6) is 0 Å². The van der Waals surface area contributed by atoms with E-state index in [9.17, 15) is 14.4 Å². The van der Waals surface area contributed by atoms with Crippen LogP contribution in [0.2, 0.25) is 0 Å². The molecule has 3 aromatic rings. The maximum atomic E-state index is 13.3. The summed E-state index contributed by atoms with van der Waals surface area (Å²) in [7, 11) is 0. The van der Waals surface area contributed by atoms with Crippen LogP contribution in [0.15, 0.2) is 72.0 Å². The van der Waals surface area contributed by atoms with Crippen LogP contribution in [0.4, 0.5) is 11.5 Å². The number of hydrogen-bond donors (Lipinski definition) is 3. The Hall–Kier alpha value is -5.13. The van der Waals surface area contributed by atoms with Crippen molar-refractivity contribution in [2.24, 2.45) is 5.10 Å². The van der Waals surface area contributed by atoms with Crippen molar-refractivity contribution < 1.29 is 33.3 Å². The van der Waals surface area contributed by atoms with E-state index in [1.54, 1.807) is 17.0 Å². The fraction of sp³-hybridized carbons (Fsp3) is 0.395. The van der Waals surface area contributed by atoms with Gasteiger partial charge in [0.05, 0.1) is 70.7 Å². The van der Waals surface area contributed by atoms with Gasteiger partial charge in [0.25, 0.3) is 5.91 Å². The zero-order chi connectivity index (χ0) is 36.1. The summed E-state index contributed by atoms with van der Waals surface area (Å²) < 4.78 is 22.0. The van der Waals surface area contributed by atoms with Crippen molar-refractivity contribution in [1.29, 1.82) is 0 Å². The molecular weight excluding hydrogens is 652 g/mol. The molecule has 13 nitrogen and oxygen atoms in total. The number of carbonyl (C=O) groups excluding carboxylic acids is 3. The first kappa shape index (κ1) is 38.7. The Labute approximate surface area is 299 Å². The molecule has 2 aromatic carbocycles. The molecule has 4 rings (SSSR count). The van der Waals surface area contributed by atoms with Gasteiger partial charge in [0.1, 0.15) is 5.82 Å². The number of nitrogens with one attached hydrogen (secondary N) is 3. The topological polar surface area (TPSA) is 153 Å². The molecule has 0 fully saturated rings. The summed E-state index contributed by atoms with van der Waals surface area (Å²) in [4.78, 5) is 43.7. The summed E-state index contributed by atoms with van der Waals surface area (Å²) in [6.07, 6.45) is 1.84. The van der Waals surface area contributed by atoms with Crippen LogP contribution in [-0.2, 0) is 35.1 Å². The molecule has 0 bridgehead atoms. The van der Waals surface area contributed by atoms with E-state index in [0.29, 0.717) is 70.7 Å². The molecule has 0 saturated heterocycles. The van der Waals surface area contributed by atoms with Gasteiger partial charge in [0, 0.05) is 49.0 Å². The van der Waals surface area contributed by atoms with E-state index in [4.69, 9.17) is 18.9 Å². The molecule has 0 saturated carbocycles. The third-order valence-electron chi connectivity index (χ3n) is 7.38. The molecule has 0 atom stereocenters. The molecular formula is C38H46N6O7. The Morgan fingerprint density at radius 3 is 2.10 bits per heavy atom. The number of carbonyl (C=O) groups is 3. The Morgan fingerprint density at radius 2 is 1.39 bits per heavy atom. The van der Waals surface area contributed by atoms with Crippen LogP contribution in [0.1, 0.15) is 53.7 Å². The van der Waals surface area contributed by atoms with E-state index in [2.05, 4.69) is 38.0 Å². The molecule has 0 aliphatic carbocycles. The van der Waals surface area contributed by atoms with Crippen molar-refractivity contribution in [2.45, 2.75) is 33.2 Å². The van der Waals surface area contributed by atoms with E-state index in [1.165, 1.54) is 6.20 Å². The van der Waals surface area contributed by atoms with Gasteiger partial charge in [-0.25, -0.2) is 4.98 Å². The highest BCUT2D eigenvalue weighted by Crippen LogP contribution is 2.25. The zero-order valence-electron chi connectivity index (χ0n) is 29.2. The number of fused-ring (bicyclic) bond motifs is 2. The van der Waals surface area contributed by atoms with E-state index >= 15 is 0 Å². The van der Waals surface area contributed by atoms with Gasteiger partial charge >= 0.3 is 0 Å². The minimum Gasteiger partial charge on any atom is -0.379 e. The molecule has 0 unspecified atom stereocenters. The van der Waals surface area contributed by atoms with Crippen molar-refractivity contribution in [3.8, 4) is 11.8 Å². The highest BCUT2D eigenvalue weighted by molar-refractivity contribution is 5.95. The molecule has 270 valence electrons. The minimum absolute atomic E-state index is 0.0878. The molecule has 51 heavy (non-hydrogen) atoms. The number of benzene rings is 2. The number of para-hydroxylation sites is 1. The smallest absolute Gasteiger partial charge is 0.252 e. The van der Waals surface area contributed by atoms with Crippen molar-refractivity contribution >= 4 is 34.9 Å². The number of hydrogen-bond acceptors (Lipinski definition) is 10. The SMILES string of the molecule is CC(C)=NNc1ccc(C(=O)NCCOCCOCCOCCOCCC(=O)NCCC(=O)N2Cc3ccccc3C#Cc3ccccc32)cn1. The maximum absolute atomic E-state index is 13.3. The first-order valence-electron chi connectivity index (χ1n) is 17.0. The van der Waals surface area contributed by atoms with Crippen molar-refractivity contribution in [3.05, 3.63) is 89.1 Å². The molecule has 1 aliphatic rings. The van der Waals surface area contributed by atoms with Crippen LogP contribution >= 0.6 is 0 Å². The second kappa shape index (κ2) is 21.8. The zero-order valence-corrected chi connectivity index (χ0v) is 29.2. The van der Waals surface area contributed by atoms with Crippen molar-refractivity contribution in [1.82, 2.24) is 15.6 Å². The van der Waals surface area contributed by atoms with E-state index in [-0.39, 0.29) is 43.7 Å². The fourth-order valence-corrected chi connectivity index (χ4v) is 4.77. The fourth-order valence-electron chi connectivity index (χ4n) is 4.77. The van der Waals surface area contributed by atoms with Crippen molar-refractivity contribution in [2.75, 3.05) is 76.3 Å². The number of rotatable bonds is 21. The summed E-state index contributed by atoms with van der Waals surface area (Å²) in [5.41, 5.74) is 7.58. The number of ether oxygens (including phenoxy) is 4. The first-order valence-corrected chi connectivity index (χ1v) is 17.0. The Kier molecular flexibility index (Phi) is 16.6. The Morgan fingerprint density at radius 1 is 0.745 bits per heavy atom. The lowest BCUT2D eigenvalue weighted by Gasteiger charge is -2.26. The first-order chi connectivity index (χ1) is 24.9. The summed E-state index contributed by atoms with van der Waals surface area (Å²) in [6, 6.07) is 18.8. The monoisotopic (exact) mass is 698 g/mol. The van der Waals surface area contributed by atoms with Crippen LogP contribution in [0, 0.1) is 11.8 Å². The second-order valence-corrected chi connectivity index (χ2v) is 11.6. The summed E-state index contributed by atoms with van der Waals surface area (Å²) in [5, 5.41) is 9.66. The van der Waals surface area contributed by atoms with E-state index in [1.807, 2.05) is 62.4 Å². The molecule has 3 amide bonds. The number of anilines is 2. The maximum Gasteiger partial charge on any atom is 0.252 e. The van der Waals surface area contributed by atoms with Gasteiger partial charge in [-0.3, -0.25) is 19.8 Å². The van der Waals surface area contributed by atoms with Gasteiger partial charge in [-0.2, -0.15) is 5.10 Å². The standard InChI is InChI=1S/C38H46N6O7/c1-29(2)42-43-35-14-13-32(27-41-35)38(47)40-18-20-49-22-24-51-26-25-50-23-21-48-19-16-36(45)39-17-15-37(46)44-28-33-9-4-3-7-30(33)11-12-31-8-5-6-10-34(31)44/h3-10,13-14,27H,15-26,28H2,1-2H3,(H,39,45)(H,40,47)(H,41,43). The number of aromatic nitrogens is 1. The second-order valence-electron chi connectivity index (χ2n) is 11.6. The number of amides is 3. The lowest BCUT2D eigenvalue weighted by atomic mass is 10.0. The van der Waals surface area contributed by atoms with E-state index in [0.717, 1.165) is 28.1 Å². The number of nitrogens with zero attached hydrogens (tertiary/aromatic N) is 3. The lowest BCUT2D eigenvalue weighted by molar-refractivity contribution is -0.122. The Bertz CT molecular complexity index is 1660. The van der Waals surface area contributed by atoms with E-state index < -0.39 is 0 Å². The van der Waals surface area contributed by atoms with Crippen LogP contribution in [0.3, 0.4) is 0 Å². The quantitative estimate of drug-likeness (QED) is 0.0657. The molecule has 3 N–H and O–H groups in total. The number of hydrazone groups is 1. The highest BCUT2D eigenvalue weighted by atomic mass is 16.6. The highest BCUT2D eigenvalue weighted by Gasteiger charge is 2.21. The average molecular weight is 699 g/mol. The average Bonchev–Trinajstić information content (AvgIpc) is 3.13. The third-order valence-corrected chi connectivity index (χ3v) is 7.38. The molecule has 2 heterocycles. The van der Waals surface area contributed by atoms with Gasteiger partial charge in [0.2, 0.25) is 11.8 Å². The summed E-state index contributed by atoms with van der Waals surface area (Å²) >= 11 is 0. The van der Waals surface area contributed by atoms with Gasteiger partial charge in [0.15, 0.2) is 0 Å². The van der Waals surface area contributed by atoms with Crippen LogP contribution in [0.25, 0.3) is 0 Å². The lowest BCUT2D eigenvalue weighted by Crippen LogP contribution is -2.35. The number of pyridine rings is 1. The minimum atomic E-state index is -0.230. The third kappa shape index (κ3) is 14.0. The van der Waals surface area contributed by atoms with Gasteiger partial charge < -0.3 is 34.5 Å². The van der Waals surface area contributed by atoms with Gasteiger partial charge in [-0.15, -0.1) is 0 Å². The van der Waals surface area contributed by atoms with Crippen molar-refractivity contribution in [3.63, 3.8) is 0 Å². The molecule has 1 aliphatic heterocycles. The molecule has 0 spiro atoms. The summed E-state index contributed by atoms with van der Waals surface area (Å²) in [6.45, 7) is 7.69.